The van der Waals surface area contributed by atoms with Gasteiger partial charge in [0, 0.05) is 13.7 Å². The van der Waals surface area contributed by atoms with Crippen LogP contribution in [0.15, 0.2) is 0 Å². The van der Waals surface area contributed by atoms with E-state index in [1.807, 2.05) is 0 Å². The minimum absolute atomic E-state index is 0.253. The van der Waals surface area contributed by atoms with Crippen molar-refractivity contribution in [1.29, 1.82) is 0 Å². The van der Waals surface area contributed by atoms with Gasteiger partial charge in [0.05, 0.1) is 6.61 Å². The van der Waals surface area contributed by atoms with Crippen molar-refractivity contribution in [3.63, 3.8) is 0 Å². The molecule has 0 bridgehead atoms. The summed E-state index contributed by atoms with van der Waals surface area (Å²) in [6, 6.07) is 0. The zero-order valence-corrected chi connectivity index (χ0v) is 8.28. The number of nitrogens with one attached hydrogen (secondary N) is 1. The molecule has 0 radical (unpaired) electrons. The molecule has 0 spiro atoms. The fourth-order valence-electron chi connectivity index (χ4n) is 0.616. The highest BCUT2D eigenvalue weighted by atomic mass is 16.5. The van der Waals surface area contributed by atoms with Crippen LogP contribution in [0.2, 0.25) is 0 Å². The molecule has 0 rings (SSSR count). The Morgan fingerprint density at radius 3 is 2.64 bits per heavy atom. The third-order valence-corrected chi connectivity index (χ3v) is 1.44. The molecule has 0 aliphatic carbocycles. The third kappa shape index (κ3) is 6.38. The van der Waals surface area contributed by atoms with E-state index < -0.39 is 12.1 Å². The minimum atomic E-state index is -1.09. The summed E-state index contributed by atoms with van der Waals surface area (Å²) in [5.41, 5.74) is 0. The molecule has 0 fully saturated rings. The molecular formula is C8H15NO5. The molecule has 0 saturated heterocycles. The number of amides is 1. The lowest BCUT2D eigenvalue weighted by molar-refractivity contribution is -0.150. The molecule has 0 aromatic heterocycles. The normalized spacial score (nSPS) is 12.1. The van der Waals surface area contributed by atoms with Crippen molar-refractivity contribution in [2.24, 2.45) is 0 Å². The molecule has 0 aliphatic heterocycles. The summed E-state index contributed by atoms with van der Waals surface area (Å²) >= 11 is 0. The Morgan fingerprint density at radius 1 is 1.50 bits per heavy atom. The summed E-state index contributed by atoms with van der Waals surface area (Å²) in [6.45, 7) is 1.92. The molecule has 6 heteroatoms. The maximum Gasteiger partial charge on any atom is 0.332 e. The number of carboxylic acids is 1. The van der Waals surface area contributed by atoms with Gasteiger partial charge in [-0.15, -0.1) is 0 Å². The van der Waals surface area contributed by atoms with Gasteiger partial charge in [-0.1, -0.05) is 0 Å². The molecule has 0 saturated carbocycles. The van der Waals surface area contributed by atoms with Gasteiger partial charge < -0.3 is 19.9 Å². The second kappa shape index (κ2) is 7.28. The first-order valence-corrected chi connectivity index (χ1v) is 4.18. The number of carbonyl (C=O) groups is 2. The smallest absolute Gasteiger partial charge is 0.332 e. The number of methoxy groups -OCH3 is 1. The van der Waals surface area contributed by atoms with Crippen LogP contribution in [0.3, 0.4) is 0 Å². The van der Waals surface area contributed by atoms with Gasteiger partial charge in [0.15, 0.2) is 6.10 Å². The van der Waals surface area contributed by atoms with E-state index in [1.165, 1.54) is 14.0 Å². The van der Waals surface area contributed by atoms with E-state index in [0.717, 1.165) is 0 Å². The highest BCUT2D eigenvalue weighted by molar-refractivity contribution is 5.78. The van der Waals surface area contributed by atoms with E-state index in [4.69, 9.17) is 14.6 Å². The second-order valence-electron chi connectivity index (χ2n) is 2.63. The lowest BCUT2D eigenvalue weighted by Gasteiger charge is -2.08. The van der Waals surface area contributed by atoms with Gasteiger partial charge in [0.1, 0.15) is 6.61 Å². The van der Waals surface area contributed by atoms with Crippen LogP contribution in [0.5, 0.6) is 0 Å². The Labute approximate surface area is 82.2 Å². The zero-order valence-electron chi connectivity index (χ0n) is 8.28. The van der Waals surface area contributed by atoms with Crippen molar-refractivity contribution in [3.8, 4) is 0 Å². The number of hydrogen-bond acceptors (Lipinski definition) is 4. The van der Waals surface area contributed by atoms with E-state index in [2.05, 4.69) is 5.32 Å². The molecule has 14 heavy (non-hydrogen) atoms. The van der Waals surface area contributed by atoms with Crippen LogP contribution < -0.4 is 5.32 Å². The van der Waals surface area contributed by atoms with Crippen molar-refractivity contribution in [3.05, 3.63) is 0 Å². The minimum Gasteiger partial charge on any atom is -0.479 e. The van der Waals surface area contributed by atoms with E-state index in [0.29, 0.717) is 13.2 Å². The van der Waals surface area contributed by atoms with E-state index in [9.17, 15) is 9.59 Å². The lowest BCUT2D eigenvalue weighted by Crippen LogP contribution is -2.33. The first kappa shape index (κ1) is 12.9. The average Bonchev–Trinajstić information content (AvgIpc) is 2.14. The van der Waals surface area contributed by atoms with Gasteiger partial charge in [-0.25, -0.2) is 4.79 Å². The molecule has 1 atom stereocenters. The summed E-state index contributed by atoms with van der Waals surface area (Å²) in [6.07, 6.45) is -0.969. The number of carbonyl (C=O) groups excluding carboxylic acids is 1. The molecule has 82 valence electrons. The van der Waals surface area contributed by atoms with Crippen LogP contribution in [0.1, 0.15) is 6.92 Å². The third-order valence-electron chi connectivity index (χ3n) is 1.44. The van der Waals surface area contributed by atoms with Crippen LogP contribution in [0.4, 0.5) is 0 Å². The van der Waals surface area contributed by atoms with Crippen molar-refractivity contribution in [2.45, 2.75) is 13.0 Å². The van der Waals surface area contributed by atoms with Crippen molar-refractivity contribution < 1.29 is 24.2 Å². The predicted molar refractivity (Wildman–Crippen MR) is 47.9 cm³/mol. The Hall–Kier alpha value is -1.14. The molecule has 0 aliphatic rings. The predicted octanol–water partition coefficient (Wildman–Crippen LogP) is -0.761. The topological polar surface area (TPSA) is 84.9 Å². The monoisotopic (exact) mass is 205 g/mol. The summed E-state index contributed by atoms with van der Waals surface area (Å²) in [7, 11) is 1.52. The standard InChI is InChI=1S/C8H15NO5/c1-6(8(11)12)14-5-7(10)9-3-4-13-2/h6H,3-5H2,1-2H3,(H,9,10)(H,11,12)/t6-/m0/s1. The van der Waals surface area contributed by atoms with Crippen LogP contribution in [0.25, 0.3) is 0 Å². The molecule has 2 N–H and O–H groups in total. The van der Waals surface area contributed by atoms with Crippen LogP contribution in [-0.4, -0.2) is 50.0 Å². The summed E-state index contributed by atoms with van der Waals surface area (Å²) in [5.74, 6) is -1.44. The van der Waals surface area contributed by atoms with Crippen LogP contribution in [0, 0.1) is 0 Å². The van der Waals surface area contributed by atoms with Gasteiger partial charge in [-0.3, -0.25) is 4.79 Å². The molecule has 0 heterocycles. The van der Waals surface area contributed by atoms with Gasteiger partial charge in [0.25, 0.3) is 0 Å². The second-order valence-corrected chi connectivity index (χ2v) is 2.63. The van der Waals surface area contributed by atoms with E-state index in [1.54, 1.807) is 0 Å². The van der Waals surface area contributed by atoms with Gasteiger partial charge in [0.2, 0.25) is 5.91 Å². The zero-order chi connectivity index (χ0) is 11.0. The number of ether oxygens (including phenoxy) is 2. The summed E-state index contributed by atoms with van der Waals surface area (Å²) in [5, 5.41) is 10.9. The molecule has 6 nitrogen and oxygen atoms in total. The quantitative estimate of drug-likeness (QED) is 0.533. The molecule has 0 unspecified atom stereocenters. The summed E-state index contributed by atoms with van der Waals surface area (Å²) < 4.78 is 9.45. The number of rotatable bonds is 7. The fraction of sp³-hybridized carbons (Fsp3) is 0.750. The number of hydrogen-bond donors (Lipinski definition) is 2. The number of aliphatic carboxylic acids is 1. The van der Waals surface area contributed by atoms with Crippen LogP contribution >= 0.6 is 0 Å². The molecule has 0 aromatic carbocycles. The Bertz CT molecular complexity index is 194. The highest BCUT2D eigenvalue weighted by Crippen LogP contribution is 1.89. The Kier molecular flexibility index (Phi) is 6.69. The first-order chi connectivity index (χ1) is 6.57. The fourth-order valence-corrected chi connectivity index (χ4v) is 0.616. The molecular weight excluding hydrogens is 190 g/mol. The number of carboxylic acid groups (broad SMARTS) is 1. The first-order valence-electron chi connectivity index (χ1n) is 4.18. The molecule has 0 aromatic rings. The Morgan fingerprint density at radius 2 is 2.14 bits per heavy atom. The Balaban J connectivity index is 3.48. The van der Waals surface area contributed by atoms with Crippen molar-refractivity contribution in [1.82, 2.24) is 5.32 Å². The maximum atomic E-state index is 11.0. The maximum absolute atomic E-state index is 11.0. The lowest BCUT2D eigenvalue weighted by atomic mass is 10.4. The van der Waals surface area contributed by atoms with Crippen molar-refractivity contribution >= 4 is 11.9 Å². The van der Waals surface area contributed by atoms with Crippen LogP contribution in [-0.2, 0) is 19.1 Å². The van der Waals surface area contributed by atoms with Crippen molar-refractivity contribution in [2.75, 3.05) is 26.9 Å². The van der Waals surface area contributed by atoms with E-state index in [-0.39, 0.29) is 12.5 Å². The van der Waals surface area contributed by atoms with Gasteiger partial charge >= 0.3 is 5.97 Å². The SMILES string of the molecule is COCCNC(=O)CO[C@@H](C)C(=O)O. The summed E-state index contributed by atoms with van der Waals surface area (Å²) in [4.78, 5) is 21.3. The van der Waals surface area contributed by atoms with Gasteiger partial charge in [-0.05, 0) is 6.92 Å². The average molecular weight is 205 g/mol. The van der Waals surface area contributed by atoms with E-state index >= 15 is 0 Å². The largest absolute Gasteiger partial charge is 0.479 e. The van der Waals surface area contributed by atoms with Gasteiger partial charge in [-0.2, -0.15) is 0 Å². The molecule has 1 amide bonds. The highest BCUT2D eigenvalue weighted by Gasteiger charge is 2.12.